The van der Waals surface area contributed by atoms with Crippen molar-refractivity contribution in [3.63, 3.8) is 0 Å². The Morgan fingerprint density at radius 2 is 1.50 bits per heavy atom. The van der Waals surface area contributed by atoms with E-state index in [0.717, 1.165) is 38.2 Å². The number of methoxy groups -OCH3 is 1. The number of nitrogens with zero attached hydrogens (tertiary/aromatic N) is 4. The number of pyridine rings is 1. The number of hydrogen-bond donors (Lipinski definition) is 2. The molecule has 3 fully saturated rings. The van der Waals surface area contributed by atoms with Crippen molar-refractivity contribution in [2.24, 2.45) is 11.8 Å². The van der Waals surface area contributed by atoms with E-state index in [4.69, 9.17) is 24.5 Å². The Morgan fingerprint density at radius 3 is 1.96 bits per heavy atom. The van der Waals surface area contributed by atoms with Gasteiger partial charge in [-0.2, -0.15) is 26.3 Å². The van der Waals surface area contributed by atoms with Gasteiger partial charge < -0.3 is 24.7 Å². The maximum Gasteiger partial charge on any atom is 0.490 e. The first-order chi connectivity index (χ1) is 21.4. The first kappa shape index (κ1) is 36.1. The minimum absolute atomic E-state index is 0.0515. The summed E-state index contributed by atoms with van der Waals surface area (Å²) in [6.07, 6.45) is -4.81. The third-order valence-corrected chi connectivity index (χ3v) is 8.27. The van der Waals surface area contributed by atoms with Gasteiger partial charge in [0, 0.05) is 63.6 Å². The van der Waals surface area contributed by atoms with Crippen molar-refractivity contribution in [2.45, 2.75) is 37.3 Å². The van der Waals surface area contributed by atoms with Crippen LogP contribution in [0.15, 0.2) is 48.8 Å². The number of aliphatic carboxylic acids is 2. The summed E-state index contributed by atoms with van der Waals surface area (Å²) in [5.41, 5.74) is 1.71. The molecule has 2 aromatic rings. The van der Waals surface area contributed by atoms with E-state index in [0.29, 0.717) is 24.6 Å². The standard InChI is InChI=1S/C25H30N4O3.2C2HF3O2/c1-27-24(31)21-16-28(15-18-4-3-11-26-14-18)17-22(21)25(27)9-12-29(13-10-25)23(30)19-5-7-20(32-2)8-6-19;2*3-2(4,5)1(6)7/h3-8,11,14,21-22H,9-10,12-13,15-17H2,1-2H3;2*(H,6,7)/t21-,22+;;/m0../s1. The van der Waals surface area contributed by atoms with Crippen LogP contribution in [0.4, 0.5) is 26.3 Å². The molecular formula is C29H32F6N4O7. The van der Waals surface area contributed by atoms with Crippen LogP contribution in [-0.4, -0.2) is 112 Å². The van der Waals surface area contributed by atoms with Crippen LogP contribution in [0.25, 0.3) is 0 Å². The number of aromatic nitrogens is 1. The molecule has 2 atom stereocenters. The highest BCUT2D eigenvalue weighted by Crippen LogP contribution is 2.49. The van der Waals surface area contributed by atoms with E-state index in [1.165, 1.54) is 5.56 Å². The van der Waals surface area contributed by atoms with Gasteiger partial charge >= 0.3 is 24.3 Å². The average Bonchev–Trinajstić information content (AvgIpc) is 3.51. The zero-order chi connectivity index (χ0) is 34.4. The van der Waals surface area contributed by atoms with Crippen LogP contribution in [-0.2, 0) is 20.9 Å². The average molecular weight is 663 g/mol. The molecule has 3 aliphatic heterocycles. The Morgan fingerprint density at radius 1 is 0.957 bits per heavy atom. The van der Waals surface area contributed by atoms with Crippen molar-refractivity contribution in [1.82, 2.24) is 19.7 Å². The van der Waals surface area contributed by atoms with Gasteiger partial charge in [0.2, 0.25) is 5.91 Å². The molecule has 4 heterocycles. The lowest BCUT2D eigenvalue weighted by molar-refractivity contribution is -0.193. The summed E-state index contributed by atoms with van der Waals surface area (Å²) >= 11 is 0. The lowest BCUT2D eigenvalue weighted by atomic mass is 9.75. The van der Waals surface area contributed by atoms with Gasteiger partial charge in [-0.1, -0.05) is 6.07 Å². The zero-order valence-corrected chi connectivity index (χ0v) is 24.7. The highest BCUT2D eigenvalue weighted by Gasteiger charge is 2.60. The molecule has 3 saturated heterocycles. The summed E-state index contributed by atoms with van der Waals surface area (Å²) in [5.74, 6) is -4.09. The van der Waals surface area contributed by atoms with E-state index in [9.17, 15) is 35.9 Å². The number of hydrogen-bond acceptors (Lipinski definition) is 7. The second-order valence-electron chi connectivity index (χ2n) is 10.9. The quantitative estimate of drug-likeness (QED) is 0.471. The van der Waals surface area contributed by atoms with E-state index in [1.807, 2.05) is 53.4 Å². The Kier molecular flexibility index (Phi) is 11.2. The van der Waals surface area contributed by atoms with Gasteiger partial charge in [-0.05, 0) is 48.7 Å². The van der Waals surface area contributed by atoms with Gasteiger partial charge in [0.25, 0.3) is 5.91 Å². The number of likely N-dealkylation sites (tertiary alicyclic amines) is 3. The zero-order valence-electron chi connectivity index (χ0n) is 24.7. The molecule has 0 unspecified atom stereocenters. The van der Waals surface area contributed by atoms with E-state index < -0.39 is 24.3 Å². The predicted octanol–water partition coefficient (Wildman–Crippen LogP) is 3.55. The second-order valence-corrected chi connectivity index (χ2v) is 10.9. The molecule has 46 heavy (non-hydrogen) atoms. The topological polar surface area (TPSA) is 141 Å². The Labute approximate surface area is 259 Å². The molecule has 1 aromatic heterocycles. The fraction of sp³-hybridized carbons (Fsp3) is 0.483. The van der Waals surface area contributed by atoms with Gasteiger partial charge in [-0.25, -0.2) is 9.59 Å². The molecule has 0 saturated carbocycles. The number of fused-ring (bicyclic) bond motifs is 2. The Balaban J connectivity index is 0.000000345. The van der Waals surface area contributed by atoms with Crippen LogP contribution in [0.2, 0.25) is 0 Å². The number of rotatable bonds is 4. The van der Waals surface area contributed by atoms with Crippen molar-refractivity contribution >= 4 is 23.8 Å². The van der Waals surface area contributed by atoms with Gasteiger partial charge in [0.1, 0.15) is 5.75 Å². The number of carboxylic acids is 2. The SMILES string of the molecule is COc1ccc(C(=O)N2CCC3(CC2)[C@@H]2CN(Cc4cccnc4)C[C@@H]2C(=O)N3C)cc1.O=C(O)C(F)(F)F.O=C(O)C(F)(F)F. The summed E-state index contributed by atoms with van der Waals surface area (Å²) in [7, 11) is 3.58. The molecule has 2 N–H and O–H groups in total. The van der Waals surface area contributed by atoms with E-state index in [-0.39, 0.29) is 23.3 Å². The summed E-state index contributed by atoms with van der Waals surface area (Å²) in [5, 5.41) is 14.2. The molecule has 252 valence electrons. The normalized spacial score (nSPS) is 20.7. The van der Waals surface area contributed by atoms with Crippen LogP contribution < -0.4 is 4.74 Å². The third kappa shape index (κ3) is 8.44. The molecular weight excluding hydrogens is 630 g/mol. The molecule has 0 radical (unpaired) electrons. The monoisotopic (exact) mass is 662 g/mol. The van der Waals surface area contributed by atoms with Crippen LogP contribution in [0.1, 0.15) is 28.8 Å². The molecule has 2 amide bonds. The Bertz CT molecular complexity index is 1360. The highest BCUT2D eigenvalue weighted by molar-refractivity contribution is 5.94. The van der Waals surface area contributed by atoms with E-state index >= 15 is 0 Å². The van der Waals surface area contributed by atoms with Crippen molar-refractivity contribution < 1.29 is 60.5 Å². The fourth-order valence-electron chi connectivity index (χ4n) is 6.00. The maximum atomic E-state index is 13.1. The molecule has 17 heteroatoms. The maximum absolute atomic E-state index is 13.1. The van der Waals surface area contributed by atoms with Crippen LogP contribution in [0, 0.1) is 11.8 Å². The number of amides is 2. The smallest absolute Gasteiger partial charge is 0.490 e. The summed E-state index contributed by atoms with van der Waals surface area (Å²) < 4.78 is 68.7. The van der Waals surface area contributed by atoms with Gasteiger partial charge in [0.05, 0.1) is 18.6 Å². The van der Waals surface area contributed by atoms with E-state index in [2.05, 4.69) is 16.0 Å². The summed E-state index contributed by atoms with van der Waals surface area (Å²) in [6, 6.07) is 11.3. The number of ether oxygens (including phenoxy) is 1. The van der Waals surface area contributed by atoms with Crippen LogP contribution in [0.3, 0.4) is 0 Å². The van der Waals surface area contributed by atoms with Crippen LogP contribution >= 0.6 is 0 Å². The van der Waals surface area contributed by atoms with Crippen molar-refractivity contribution in [1.29, 1.82) is 0 Å². The highest BCUT2D eigenvalue weighted by atomic mass is 19.4. The largest absolute Gasteiger partial charge is 0.497 e. The predicted molar refractivity (Wildman–Crippen MR) is 148 cm³/mol. The first-order valence-electron chi connectivity index (χ1n) is 13.8. The minimum atomic E-state index is -5.08. The number of carboxylic acid groups (broad SMARTS) is 2. The van der Waals surface area contributed by atoms with Gasteiger partial charge in [-0.3, -0.25) is 19.5 Å². The summed E-state index contributed by atoms with van der Waals surface area (Å²) in [4.78, 5) is 54.5. The second kappa shape index (κ2) is 14.3. The van der Waals surface area contributed by atoms with Crippen molar-refractivity contribution in [3.8, 4) is 5.75 Å². The number of carbonyl (C=O) groups is 4. The Hall–Kier alpha value is -4.41. The minimum Gasteiger partial charge on any atom is -0.497 e. The molecule has 0 bridgehead atoms. The number of piperidine rings is 1. The summed E-state index contributed by atoms with van der Waals surface area (Å²) in [6.45, 7) is 3.90. The van der Waals surface area contributed by atoms with Crippen molar-refractivity contribution in [2.75, 3.05) is 40.3 Å². The number of benzene rings is 1. The molecule has 1 aromatic carbocycles. The number of carbonyl (C=O) groups excluding carboxylic acids is 2. The van der Waals surface area contributed by atoms with E-state index in [1.54, 1.807) is 13.3 Å². The molecule has 3 aliphatic rings. The molecule has 0 aliphatic carbocycles. The van der Waals surface area contributed by atoms with Crippen LogP contribution in [0.5, 0.6) is 5.75 Å². The lowest BCUT2D eigenvalue weighted by Crippen LogP contribution is -2.56. The lowest BCUT2D eigenvalue weighted by Gasteiger charge is -2.46. The van der Waals surface area contributed by atoms with Gasteiger partial charge in [0.15, 0.2) is 0 Å². The third-order valence-electron chi connectivity index (χ3n) is 8.27. The molecule has 5 rings (SSSR count). The number of halogens is 6. The molecule has 1 spiro atoms. The fourth-order valence-corrected chi connectivity index (χ4v) is 6.00. The molecule has 11 nitrogen and oxygen atoms in total. The number of alkyl halides is 6. The van der Waals surface area contributed by atoms with Crippen molar-refractivity contribution in [3.05, 3.63) is 59.9 Å². The first-order valence-corrected chi connectivity index (χ1v) is 13.8. The van der Waals surface area contributed by atoms with Gasteiger partial charge in [-0.15, -0.1) is 0 Å².